The number of hydrogen-bond acceptors (Lipinski definition) is 5. The van der Waals surface area contributed by atoms with E-state index in [1.165, 1.54) is 0 Å². The van der Waals surface area contributed by atoms with Crippen LogP contribution in [0.4, 0.5) is 4.79 Å². The summed E-state index contributed by atoms with van der Waals surface area (Å²) in [6.45, 7) is 2.70. The molecule has 3 unspecified atom stereocenters. The molecule has 0 spiro atoms. The van der Waals surface area contributed by atoms with Crippen molar-refractivity contribution in [2.45, 2.75) is 44.2 Å². The number of carboxylic acids is 1. The fraction of sp³-hybridized carbons (Fsp3) is 0.423. The second-order valence-electron chi connectivity index (χ2n) is 8.76. The molecule has 34 heavy (non-hydrogen) atoms. The van der Waals surface area contributed by atoms with Gasteiger partial charge in [0.1, 0.15) is 6.61 Å². The topological polar surface area (TPSA) is 114 Å². The molecule has 180 valence electrons. The fourth-order valence-electron chi connectivity index (χ4n) is 4.76. The van der Waals surface area contributed by atoms with Crippen LogP contribution in [0.1, 0.15) is 43.2 Å². The van der Waals surface area contributed by atoms with Gasteiger partial charge in [-0.1, -0.05) is 55.5 Å². The van der Waals surface area contributed by atoms with Gasteiger partial charge in [-0.25, -0.2) is 9.59 Å². The Kier molecular flexibility index (Phi) is 7.47. The molecule has 2 aliphatic rings. The number of amides is 2. The largest absolute Gasteiger partial charge is 0.479 e. The lowest BCUT2D eigenvalue weighted by molar-refractivity contribution is -0.149. The van der Waals surface area contributed by atoms with Crippen molar-refractivity contribution in [1.29, 1.82) is 0 Å². The van der Waals surface area contributed by atoms with Crippen LogP contribution >= 0.6 is 0 Å². The standard InChI is InChI=1S/C26H30N2O6/c1-2-17(13-23(29)27-14-16-11-12-33-24(16)25(30)31)28-26(32)34-15-22-20-9-5-3-7-18(20)19-8-4-6-10-21(19)22/h3-10,16-17,22,24H,2,11-15H2,1H3,(H,27,29)(H,28,32)(H,30,31). The number of nitrogens with one attached hydrogen (secondary N) is 2. The first-order chi connectivity index (χ1) is 16.5. The van der Waals surface area contributed by atoms with Crippen LogP contribution < -0.4 is 10.6 Å². The summed E-state index contributed by atoms with van der Waals surface area (Å²) >= 11 is 0. The summed E-state index contributed by atoms with van der Waals surface area (Å²) in [5.41, 5.74) is 4.60. The van der Waals surface area contributed by atoms with Crippen molar-refractivity contribution in [1.82, 2.24) is 10.6 Å². The number of alkyl carbamates (subject to hydrolysis) is 1. The summed E-state index contributed by atoms with van der Waals surface area (Å²) in [5.74, 6) is -1.55. The first kappa shape index (κ1) is 23.8. The van der Waals surface area contributed by atoms with Crippen molar-refractivity contribution in [3.63, 3.8) is 0 Å². The van der Waals surface area contributed by atoms with Gasteiger partial charge < -0.3 is 25.2 Å². The second-order valence-corrected chi connectivity index (χ2v) is 8.76. The van der Waals surface area contributed by atoms with Crippen LogP contribution in [0.5, 0.6) is 0 Å². The third-order valence-corrected chi connectivity index (χ3v) is 6.61. The molecule has 2 aromatic rings. The molecule has 3 N–H and O–H groups in total. The molecule has 8 nitrogen and oxygen atoms in total. The van der Waals surface area contributed by atoms with Crippen LogP contribution in [0.2, 0.25) is 0 Å². The SMILES string of the molecule is CCC(CC(=O)NCC1CCOC1C(=O)O)NC(=O)OCC1c2ccccc2-c2ccccc21. The summed E-state index contributed by atoms with van der Waals surface area (Å²) in [5, 5.41) is 14.7. The third kappa shape index (κ3) is 5.22. The number of fused-ring (bicyclic) bond motifs is 3. The van der Waals surface area contributed by atoms with Gasteiger partial charge in [0, 0.05) is 37.5 Å². The van der Waals surface area contributed by atoms with E-state index in [0.29, 0.717) is 19.4 Å². The number of ether oxygens (including phenoxy) is 2. The lowest BCUT2D eigenvalue weighted by Crippen LogP contribution is -2.41. The van der Waals surface area contributed by atoms with E-state index < -0.39 is 18.2 Å². The summed E-state index contributed by atoms with van der Waals surface area (Å²) in [7, 11) is 0. The van der Waals surface area contributed by atoms with Gasteiger partial charge >= 0.3 is 12.1 Å². The molecular weight excluding hydrogens is 436 g/mol. The van der Waals surface area contributed by atoms with E-state index in [0.717, 1.165) is 22.3 Å². The second kappa shape index (κ2) is 10.7. The van der Waals surface area contributed by atoms with Gasteiger partial charge in [-0.2, -0.15) is 0 Å². The van der Waals surface area contributed by atoms with Crippen molar-refractivity contribution in [2.75, 3.05) is 19.8 Å². The van der Waals surface area contributed by atoms with Crippen LogP contribution in [-0.2, 0) is 19.1 Å². The minimum Gasteiger partial charge on any atom is -0.479 e. The molecule has 1 aliphatic carbocycles. The Bertz CT molecular complexity index is 1010. The van der Waals surface area contributed by atoms with Crippen molar-refractivity contribution in [3.05, 3.63) is 59.7 Å². The maximum Gasteiger partial charge on any atom is 0.407 e. The van der Waals surface area contributed by atoms with Crippen LogP contribution in [0.3, 0.4) is 0 Å². The molecule has 0 aromatic heterocycles. The van der Waals surface area contributed by atoms with Gasteiger partial charge in [-0.05, 0) is 35.1 Å². The molecule has 3 atom stereocenters. The predicted octanol–water partition coefficient (Wildman–Crippen LogP) is 3.30. The number of hydrogen-bond donors (Lipinski definition) is 3. The van der Waals surface area contributed by atoms with E-state index in [9.17, 15) is 19.5 Å². The van der Waals surface area contributed by atoms with Gasteiger partial charge in [0.2, 0.25) is 5.91 Å². The van der Waals surface area contributed by atoms with Crippen LogP contribution in [-0.4, -0.2) is 55.0 Å². The lowest BCUT2D eigenvalue weighted by atomic mass is 9.98. The summed E-state index contributed by atoms with van der Waals surface area (Å²) in [6.07, 6.45) is -0.210. The Labute approximate surface area is 198 Å². The minimum absolute atomic E-state index is 0.0302. The lowest BCUT2D eigenvalue weighted by Gasteiger charge is -2.20. The maximum atomic E-state index is 12.5. The Hall–Kier alpha value is -3.39. The fourth-order valence-corrected chi connectivity index (χ4v) is 4.76. The van der Waals surface area contributed by atoms with Gasteiger partial charge in [0.15, 0.2) is 6.10 Å². The molecule has 1 aliphatic heterocycles. The molecule has 0 radical (unpaired) electrons. The third-order valence-electron chi connectivity index (χ3n) is 6.61. The smallest absolute Gasteiger partial charge is 0.407 e. The number of carboxylic acid groups (broad SMARTS) is 1. The Morgan fingerprint density at radius 2 is 1.74 bits per heavy atom. The Morgan fingerprint density at radius 1 is 1.09 bits per heavy atom. The molecule has 1 saturated heterocycles. The molecule has 1 heterocycles. The van der Waals surface area contributed by atoms with Crippen LogP contribution in [0.25, 0.3) is 11.1 Å². The number of carbonyl (C=O) groups excluding carboxylic acids is 2. The molecule has 0 bridgehead atoms. The van der Waals surface area contributed by atoms with Crippen molar-refractivity contribution in [2.24, 2.45) is 5.92 Å². The van der Waals surface area contributed by atoms with Crippen molar-refractivity contribution >= 4 is 18.0 Å². The summed E-state index contributed by atoms with van der Waals surface area (Å²) < 4.78 is 10.8. The average Bonchev–Trinajstić information content (AvgIpc) is 3.44. The van der Waals surface area contributed by atoms with Crippen molar-refractivity contribution in [3.8, 4) is 11.1 Å². The Balaban J connectivity index is 1.27. The zero-order valence-electron chi connectivity index (χ0n) is 19.2. The summed E-state index contributed by atoms with van der Waals surface area (Å²) in [6, 6.07) is 15.9. The van der Waals surface area contributed by atoms with Crippen LogP contribution in [0.15, 0.2) is 48.5 Å². The quantitative estimate of drug-likeness (QED) is 0.523. The molecule has 8 heteroatoms. The first-order valence-electron chi connectivity index (χ1n) is 11.7. The van der Waals surface area contributed by atoms with Gasteiger partial charge in [-0.3, -0.25) is 4.79 Å². The molecule has 2 aromatic carbocycles. The zero-order chi connectivity index (χ0) is 24.1. The predicted molar refractivity (Wildman–Crippen MR) is 125 cm³/mol. The minimum atomic E-state index is -1.01. The van der Waals surface area contributed by atoms with E-state index in [4.69, 9.17) is 9.47 Å². The Morgan fingerprint density at radius 3 is 2.35 bits per heavy atom. The molecule has 2 amide bonds. The number of benzene rings is 2. The van der Waals surface area contributed by atoms with Crippen molar-refractivity contribution < 1.29 is 29.0 Å². The number of aliphatic carboxylic acids is 1. The van der Waals surface area contributed by atoms with E-state index in [1.807, 2.05) is 31.2 Å². The van der Waals surface area contributed by atoms with E-state index in [2.05, 4.69) is 34.9 Å². The average molecular weight is 467 g/mol. The van der Waals surface area contributed by atoms with Gasteiger partial charge in [0.25, 0.3) is 0 Å². The van der Waals surface area contributed by atoms with Gasteiger partial charge in [-0.15, -0.1) is 0 Å². The van der Waals surface area contributed by atoms with Crippen LogP contribution in [0, 0.1) is 5.92 Å². The maximum absolute atomic E-state index is 12.5. The molecule has 1 fully saturated rings. The zero-order valence-corrected chi connectivity index (χ0v) is 19.2. The highest BCUT2D eigenvalue weighted by Gasteiger charge is 2.34. The normalized spacial score (nSPS) is 19.7. The number of carbonyl (C=O) groups is 3. The van der Waals surface area contributed by atoms with Gasteiger partial charge in [0.05, 0.1) is 0 Å². The summed E-state index contributed by atoms with van der Waals surface area (Å²) in [4.78, 5) is 36.1. The highest BCUT2D eigenvalue weighted by molar-refractivity contribution is 5.80. The highest BCUT2D eigenvalue weighted by Crippen LogP contribution is 2.44. The van der Waals surface area contributed by atoms with E-state index in [-0.39, 0.29) is 43.4 Å². The first-order valence-corrected chi connectivity index (χ1v) is 11.7. The molecular formula is C26H30N2O6. The van der Waals surface area contributed by atoms with E-state index in [1.54, 1.807) is 0 Å². The highest BCUT2D eigenvalue weighted by atomic mass is 16.5. The molecule has 4 rings (SSSR count). The number of rotatable bonds is 9. The monoisotopic (exact) mass is 466 g/mol. The molecule has 0 saturated carbocycles. The van der Waals surface area contributed by atoms with E-state index >= 15 is 0 Å².